The van der Waals surface area contributed by atoms with Crippen molar-refractivity contribution < 1.29 is 19.1 Å². The van der Waals surface area contributed by atoms with E-state index in [9.17, 15) is 14.9 Å². The molecule has 6 nitrogen and oxygen atoms in total. The van der Waals surface area contributed by atoms with E-state index in [0.717, 1.165) is 5.56 Å². The number of benzene rings is 2. The molecule has 0 bridgehead atoms. The zero-order valence-electron chi connectivity index (χ0n) is 16.0. The number of carbonyl (C=O) groups is 2. The molecule has 148 valence electrons. The van der Waals surface area contributed by atoms with E-state index in [4.69, 9.17) is 9.47 Å². The highest BCUT2D eigenvalue weighted by Gasteiger charge is 2.45. The van der Waals surface area contributed by atoms with Gasteiger partial charge in [-0.05, 0) is 11.6 Å². The molecule has 3 rings (SSSR count). The molecule has 2 aromatic rings. The molecule has 2 atom stereocenters. The Bertz CT molecular complexity index is 982. The summed E-state index contributed by atoms with van der Waals surface area (Å²) in [6.07, 6.45) is 0. The lowest BCUT2D eigenvalue weighted by Crippen LogP contribution is -2.44. The van der Waals surface area contributed by atoms with Gasteiger partial charge < -0.3 is 14.8 Å². The van der Waals surface area contributed by atoms with Gasteiger partial charge in [0.05, 0.1) is 30.9 Å². The standard InChI is InChI=1S/C22H20N2O4S/c1-27-17-11-7-6-10-15(17)18-16(12-23)21(24-20(25)19(18)22(26)28-2)29-13-14-8-4-3-5-9-14/h3-11,18-19H,13H2,1-2H3,(H,24,25)/t18-,19-/m1/s1. The first kappa shape index (κ1) is 20.5. The summed E-state index contributed by atoms with van der Waals surface area (Å²) in [6.45, 7) is 0. The minimum atomic E-state index is -1.17. The Balaban J connectivity index is 2.08. The maximum atomic E-state index is 12.9. The van der Waals surface area contributed by atoms with E-state index >= 15 is 0 Å². The summed E-state index contributed by atoms with van der Waals surface area (Å²) >= 11 is 1.35. The number of esters is 1. The van der Waals surface area contributed by atoms with Crippen LogP contribution in [0.3, 0.4) is 0 Å². The number of nitrogens with zero attached hydrogens (tertiary/aromatic N) is 1. The fourth-order valence-electron chi connectivity index (χ4n) is 3.31. The third kappa shape index (κ3) is 4.28. The highest BCUT2D eigenvalue weighted by Crippen LogP contribution is 2.43. The summed E-state index contributed by atoms with van der Waals surface area (Å²) in [7, 11) is 2.74. The van der Waals surface area contributed by atoms with Gasteiger partial charge in [0.1, 0.15) is 11.7 Å². The topological polar surface area (TPSA) is 88.4 Å². The van der Waals surface area contributed by atoms with Gasteiger partial charge in [0, 0.05) is 17.2 Å². The summed E-state index contributed by atoms with van der Waals surface area (Å²) in [5.74, 6) is -2.09. The molecule has 1 amide bonds. The number of carbonyl (C=O) groups excluding carboxylic acids is 2. The van der Waals surface area contributed by atoms with Crippen LogP contribution in [0.1, 0.15) is 17.0 Å². The Hall–Kier alpha value is -3.24. The van der Waals surface area contributed by atoms with Crippen LogP contribution in [0.4, 0.5) is 0 Å². The van der Waals surface area contributed by atoms with Gasteiger partial charge in [0.2, 0.25) is 5.91 Å². The first-order chi connectivity index (χ1) is 14.1. The van der Waals surface area contributed by atoms with E-state index in [0.29, 0.717) is 27.7 Å². The molecule has 1 aliphatic rings. The SMILES string of the molecule is COC(=O)[C@H]1C(=O)NC(SCc2ccccc2)=C(C#N)[C@H]1c1ccccc1OC. The average molecular weight is 408 g/mol. The normalized spacial score (nSPS) is 18.6. The molecular formula is C22H20N2O4S. The smallest absolute Gasteiger partial charge is 0.319 e. The number of rotatable bonds is 6. The van der Waals surface area contributed by atoms with Crippen LogP contribution in [0.15, 0.2) is 65.2 Å². The van der Waals surface area contributed by atoms with Crippen molar-refractivity contribution in [1.82, 2.24) is 5.32 Å². The molecule has 29 heavy (non-hydrogen) atoms. The molecule has 7 heteroatoms. The molecule has 0 unspecified atom stereocenters. The molecule has 0 fully saturated rings. The summed E-state index contributed by atoms with van der Waals surface area (Å²) < 4.78 is 10.3. The Morgan fingerprint density at radius 1 is 1.14 bits per heavy atom. The van der Waals surface area contributed by atoms with Crippen molar-refractivity contribution in [3.8, 4) is 11.8 Å². The number of hydrogen-bond donors (Lipinski definition) is 1. The van der Waals surface area contributed by atoms with E-state index in [1.807, 2.05) is 30.3 Å². The zero-order chi connectivity index (χ0) is 20.8. The second-order valence-corrected chi connectivity index (χ2v) is 7.32. The van der Waals surface area contributed by atoms with Crippen molar-refractivity contribution in [1.29, 1.82) is 5.26 Å². The monoisotopic (exact) mass is 408 g/mol. The van der Waals surface area contributed by atoms with Crippen LogP contribution in [0.25, 0.3) is 0 Å². The van der Waals surface area contributed by atoms with Gasteiger partial charge in [-0.15, -0.1) is 11.8 Å². The lowest BCUT2D eigenvalue weighted by atomic mass is 9.78. The number of para-hydroxylation sites is 1. The van der Waals surface area contributed by atoms with E-state index in [-0.39, 0.29) is 0 Å². The molecule has 0 spiro atoms. The summed E-state index contributed by atoms with van der Waals surface area (Å²) in [4.78, 5) is 25.3. The minimum absolute atomic E-state index is 0.311. The molecule has 1 heterocycles. The number of methoxy groups -OCH3 is 2. The van der Waals surface area contributed by atoms with Gasteiger partial charge in [-0.3, -0.25) is 9.59 Å². The average Bonchev–Trinajstić information content (AvgIpc) is 2.77. The van der Waals surface area contributed by atoms with Crippen molar-refractivity contribution in [2.75, 3.05) is 14.2 Å². The van der Waals surface area contributed by atoms with Crippen molar-refractivity contribution in [2.45, 2.75) is 11.7 Å². The van der Waals surface area contributed by atoms with Crippen LogP contribution in [0.5, 0.6) is 5.75 Å². The largest absolute Gasteiger partial charge is 0.496 e. The van der Waals surface area contributed by atoms with E-state index in [1.165, 1.54) is 26.0 Å². The van der Waals surface area contributed by atoms with Crippen LogP contribution in [0.2, 0.25) is 0 Å². The molecule has 0 saturated carbocycles. The van der Waals surface area contributed by atoms with Crippen LogP contribution in [-0.2, 0) is 20.1 Å². The lowest BCUT2D eigenvalue weighted by Gasteiger charge is -2.31. The fourth-order valence-corrected chi connectivity index (χ4v) is 4.31. The van der Waals surface area contributed by atoms with Crippen molar-refractivity contribution in [3.63, 3.8) is 0 Å². The first-order valence-corrected chi connectivity index (χ1v) is 9.91. The van der Waals surface area contributed by atoms with E-state index < -0.39 is 23.7 Å². The van der Waals surface area contributed by atoms with Gasteiger partial charge in [-0.1, -0.05) is 48.5 Å². The van der Waals surface area contributed by atoms with Crippen LogP contribution in [-0.4, -0.2) is 26.1 Å². The second-order valence-electron chi connectivity index (χ2n) is 6.34. The quantitative estimate of drug-likeness (QED) is 0.582. The van der Waals surface area contributed by atoms with Gasteiger partial charge in [0.25, 0.3) is 0 Å². The summed E-state index contributed by atoms with van der Waals surface area (Å²) in [6, 6.07) is 19.0. The third-order valence-electron chi connectivity index (χ3n) is 4.68. The van der Waals surface area contributed by atoms with Crippen LogP contribution < -0.4 is 10.1 Å². The van der Waals surface area contributed by atoms with Gasteiger partial charge >= 0.3 is 5.97 Å². The third-order valence-corrected chi connectivity index (χ3v) is 5.77. The number of nitrogens with one attached hydrogen (secondary N) is 1. The summed E-state index contributed by atoms with van der Waals surface area (Å²) in [5.41, 5.74) is 1.96. The van der Waals surface area contributed by atoms with E-state index in [1.54, 1.807) is 24.3 Å². The van der Waals surface area contributed by atoms with Gasteiger partial charge in [0.15, 0.2) is 0 Å². The molecule has 1 N–H and O–H groups in total. The molecular weight excluding hydrogens is 388 g/mol. The zero-order valence-corrected chi connectivity index (χ0v) is 16.9. The van der Waals surface area contributed by atoms with Gasteiger partial charge in [-0.25, -0.2) is 0 Å². The molecule has 0 aliphatic carbocycles. The predicted octanol–water partition coefficient (Wildman–Crippen LogP) is 3.37. The molecule has 2 aromatic carbocycles. The van der Waals surface area contributed by atoms with Gasteiger partial charge in [-0.2, -0.15) is 5.26 Å². The predicted molar refractivity (Wildman–Crippen MR) is 110 cm³/mol. The number of thioether (sulfide) groups is 1. The maximum absolute atomic E-state index is 12.9. The maximum Gasteiger partial charge on any atom is 0.319 e. The number of ether oxygens (including phenoxy) is 2. The van der Waals surface area contributed by atoms with E-state index in [2.05, 4.69) is 11.4 Å². The Morgan fingerprint density at radius 3 is 2.48 bits per heavy atom. The summed E-state index contributed by atoms with van der Waals surface area (Å²) in [5, 5.41) is 13.1. The number of hydrogen-bond acceptors (Lipinski definition) is 6. The first-order valence-electron chi connectivity index (χ1n) is 8.93. The molecule has 0 radical (unpaired) electrons. The van der Waals surface area contributed by atoms with Crippen molar-refractivity contribution in [2.24, 2.45) is 5.92 Å². The molecule has 1 aliphatic heterocycles. The molecule has 0 aromatic heterocycles. The van der Waals surface area contributed by atoms with Crippen molar-refractivity contribution >= 4 is 23.6 Å². The second kappa shape index (κ2) is 9.30. The van der Waals surface area contributed by atoms with Crippen molar-refractivity contribution in [3.05, 3.63) is 76.3 Å². The lowest BCUT2D eigenvalue weighted by molar-refractivity contribution is -0.150. The Kier molecular flexibility index (Phi) is 6.57. The van der Waals surface area contributed by atoms with Crippen LogP contribution >= 0.6 is 11.8 Å². The fraction of sp³-hybridized carbons (Fsp3) is 0.227. The number of amides is 1. The van der Waals surface area contributed by atoms with Crippen LogP contribution in [0, 0.1) is 17.2 Å². The Morgan fingerprint density at radius 2 is 1.83 bits per heavy atom. The highest BCUT2D eigenvalue weighted by atomic mass is 32.2. The number of nitriles is 1. The number of allylic oxidation sites excluding steroid dienone is 1. The molecule has 0 saturated heterocycles. The highest BCUT2D eigenvalue weighted by molar-refractivity contribution is 8.02. The Labute approximate surface area is 173 Å². The minimum Gasteiger partial charge on any atom is -0.496 e.